The second kappa shape index (κ2) is 11.1. The van der Waals surface area contributed by atoms with Crippen LogP contribution in [-0.2, 0) is 4.79 Å². The van der Waals surface area contributed by atoms with E-state index in [4.69, 9.17) is 9.47 Å². The SMILES string of the molecule is CCCOc1ccc(C(CC)CCC(=O)CC)cc1OCCC. The summed E-state index contributed by atoms with van der Waals surface area (Å²) in [6.45, 7) is 9.69. The summed E-state index contributed by atoms with van der Waals surface area (Å²) in [5.41, 5.74) is 1.24. The molecule has 0 bridgehead atoms. The van der Waals surface area contributed by atoms with Gasteiger partial charge >= 0.3 is 0 Å². The predicted octanol–water partition coefficient (Wildman–Crippen LogP) is 5.52. The lowest BCUT2D eigenvalue weighted by Crippen LogP contribution is -2.05. The van der Waals surface area contributed by atoms with Crippen molar-refractivity contribution in [3.8, 4) is 11.5 Å². The highest BCUT2D eigenvalue weighted by atomic mass is 16.5. The summed E-state index contributed by atoms with van der Waals surface area (Å²) in [6, 6.07) is 6.24. The third kappa shape index (κ3) is 6.64. The Hall–Kier alpha value is -1.51. The molecule has 130 valence electrons. The van der Waals surface area contributed by atoms with E-state index < -0.39 is 0 Å². The number of ketones is 1. The lowest BCUT2D eigenvalue weighted by molar-refractivity contribution is -0.118. The Morgan fingerprint density at radius 1 is 1.00 bits per heavy atom. The van der Waals surface area contributed by atoms with Gasteiger partial charge in [-0.3, -0.25) is 4.79 Å². The molecule has 1 aromatic carbocycles. The van der Waals surface area contributed by atoms with Gasteiger partial charge in [-0.25, -0.2) is 0 Å². The minimum Gasteiger partial charge on any atom is -0.490 e. The van der Waals surface area contributed by atoms with Crippen molar-refractivity contribution in [3.05, 3.63) is 23.8 Å². The van der Waals surface area contributed by atoms with Crippen molar-refractivity contribution in [3.63, 3.8) is 0 Å². The zero-order valence-electron chi connectivity index (χ0n) is 15.2. The van der Waals surface area contributed by atoms with Crippen LogP contribution in [0.3, 0.4) is 0 Å². The minimum atomic E-state index is 0.341. The van der Waals surface area contributed by atoms with Crippen LogP contribution in [0.25, 0.3) is 0 Å². The first-order valence-electron chi connectivity index (χ1n) is 9.07. The molecule has 1 aromatic rings. The van der Waals surface area contributed by atoms with E-state index in [9.17, 15) is 4.79 Å². The molecule has 0 aliphatic heterocycles. The fourth-order valence-electron chi connectivity index (χ4n) is 2.55. The fourth-order valence-corrected chi connectivity index (χ4v) is 2.55. The Morgan fingerprint density at radius 2 is 1.65 bits per heavy atom. The smallest absolute Gasteiger partial charge is 0.161 e. The molecule has 0 saturated carbocycles. The molecule has 1 atom stereocenters. The first-order chi connectivity index (χ1) is 11.2. The molecular formula is C20H32O3. The van der Waals surface area contributed by atoms with Gasteiger partial charge in [0.05, 0.1) is 13.2 Å². The molecule has 0 aliphatic rings. The first kappa shape index (κ1) is 19.5. The number of benzene rings is 1. The van der Waals surface area contributed by atoms with Crippen molar-refractivity contribution in [1.29, 1.82) is 0 Å². The van der Waals surface area contributed by atoms with E-state index in [-0.39, 0.29) is 0 Å². The maximum atomic E-state index is 11.6. The van der Waals surface area contributed by atoms with Gasteiger partial charge in [0.25, 0.3) is 0 Å². The van der Waals surface area contributed by atoms with Gasteiger partial charge in [0.2, 0.25) is 0 Å². The molecule has 23 heavy (non-hydrogen) atoms. The molecule has 0 spiro atoms. The number of carbonyl (C=O) groups excluding carboxylic acids is 1. The van der Waals surface area contributed by atoms with Crippen molar-refractivity contribution < 1.29 is 14.3 Å². The molecule has 0 N–H and O–H groups in total. The minimum absolute atomic E-state index is 0.341. The van der Waals surface area contributed by atoms with E-state index >= 15 is 0 Å². The zero-order chi connectivity index (χ0) is 17.1. The molecule has 1 rings (SSSR count). The van der Waals surface area contributed by atoms with Crippen LogP contribution in [-0.4, -0.2) is 19.0 Å². The molecular weight excluding hydrogens is 288 g/mol. The van der Waals surface area contributed by atoms with E-state index in [0.717, 1.165) is 37.2 Å². The third-order valence-electron chi connectivity index (χ3n) is 4.02. The number of hydrogen-bond donors (Lipinski definition) is 0. The second-order valence-electron chi connectivity index (χ2n) is 5.94. The number of rotatable bonds is 12. The summed E-state index contributed by atoms with van der Waals surface area (Å²) < 4.78 is 11.7. The Balaban J connectivity index is 2.88. The average Bonchev–Trinajstić information content (AvgIpc) is 2.59. The molecule has 0 radical (unpaired) electrons. The van der Waals surface area contributed by atoms with Crippen molar-refractivity contribution >= 4 is 5.78 Å². The summed E-state index contributed by atoms with van der Waals surface area (Å²) in [4.78, 5) is 11.6. The molecule has 0 heterocycles. The van der Waals surface area contributed by atoms with Crippen LogP contribution in [0.15, 0.2) is 18.2 Å². The van der Waals surface area contributed by atoms with Crippen molar-refractivity contribution in [2.45, 2.75) is 72.1 Å². The molecule has 0 saturated heterocycles. The summed E-state index contributed by atoms with van der Waals surface area (Å²) in [7, 11) is 0. The topological polar surface area (TPSA) is 35.5 Å². The first-order valence-corrected chi connectivity index (χ1v) is 9.07. The van der Waals surface area contributed by atoms with E-state index in [1.807, 2.05) is 13.0 Å². The molecule has 3 nitrogen and oxygen atoms in total. The van der Waals surface area contributed by atoms with Gasteiger partial charge in [-0.05, 0) is 49.3 Å². The highest BCUT2D eigenvalue weighted by Crippen LogP contribution is 2.34. The quantitative estimate of drug-likeness (QED) is 0.509. The van der Waals surface area contributed by atoms with Gasteiger partial charge in [0, 0.05) is 12.8 Å². The van der Waals surface area contributed by atoms with E-state index in [2.05, 4.69) is 32.9 Å². The van der Waals surface area contributed by atoms with E-state index in [0.29, 0.717) is 37.8 Å². The van der Waals surface area contributed by atoms with Crippen LogP contribution in [0.1, 0.15) is 77.7 Å². The van der Waals surface area contributed by atoms with Crippen LogP contribution >= 0.6 is 0 Å². The summed E-state index contributed by atoms with van der Waals surface area (Å²) >= 11 is 0. The maximum absolute atomic E-state index is 11.6. The molecule has 0 amide bonds. The number of Topliss-reactive ketones (excluding diaryl/α,β-unsaturated/α-hetero) is 1. The van der Waals surface area contributed by atoms with Crippen LogP contribution in [0.2, 0.25) is 0 Å². The Kier molecular flexibility index (Phi) is 9.42. The van der Waals surface area contributed by atoms with Crippen LogP contribution < -0.4 is 9.47 Å². The molecule has 0 fully saturated rings. The number of ether oxygens (including phenoxy) is 2. The van der Waals surface area contributed by atoms with Gasteiger partial charge in [-0.1, -0.05) is 33.8 Å². The lowest BCUT2D eigenvalue weighted by atomic mass is 9.90. The molecule has 3 heteroatoms. The molecule has 1 unspecified atom stereocenters. The summed E-state index contributed by atoms with van der Waals surface area (Å²) in [5, 5.41) is 0. The van der Waals surface area contributed by atoms with E-state index in [1.165, 1.54) is 5.56 Å². The van der Waals surface area contributed by atoms with Crippen LogP contribution in [0.4, 0.5) is 0 Å². The largest absolute Gasteiger partial charge is 0.490 e. The number of hydrogen-bond acceptors (Lipinski definition) is 3. The van der Waals surface area contributed by atoms with Gasteiger partial charge < -0.3 is 9.47 Å². The standard InChI is InChI=1S/C20H32O3/c1-5-13-22-19-12-10-17(15-20(19)23-14-6-2)16(7-3)9-11-18(21)8-4/h10,12,15-16H,5-9,11,13-14H2,1-4H3. The molecule has 0 aromatic heterocycles. The Morgan fingerprint density at radius 3 is 2.22 bits per heavy atom. The summed E-state index contributed by atoms with van der Waals surface area (Å²) in [6.07, 6.45) is 5.18. The average molecular weight is 320 g/mol. The fraction of sp³-hybridized carbons (Fsp3) is 0.650. The lowest BCUT2D eigenvalue weighted by Gasteiger charge is -2.18. The normalized spacial score (nSPS) is 12.0. The van der Waals surface area contributed by atoms with Crippen molar-refractivity contribution in [2.75, 3.05) is 13.2 Å². The Bertz CT molecular complexity index is 468. The van der Waals surface area contributed by atoms with Gasteiger partial charge in [0.1, 0.15) is 5.78 Å². The predicted molar refractivity (Wildman–Crippen MR) is 95.6 cm³/mol. The highest BCUT2D eigenvalue weighted by molar-refractivity contribution is 5.78. The van der Waals surface area contributed by atoms with Gasteiger partial charge in [0.15, 0.2) is 11.5 Å². The monoisotopic (exact) mass is 320 g/mol. The van der Waals surface area contributed by atoms with Crippen LogP contribution in [0.5, 0.6) is 11.5 Å². The highest BCUT2D eigenvalue weighted by Gasteiger charge is 2.15. The van der Waals surface area contributed by atoms with Crippen LogP contribution in [0, 0.1) is 0 Å². The van der Waals surface area contributed by atoms with E-state index in [1.54, 1.807) is 0 Å². The van der Waals surface area contributed by atoms with Gasteiger partial charge in [-0.2, -0.15) is 0 Å². The Labute approximate surface area is 141 Å². The molecule has 0 aliphatic carbocycles. The third-order valence-corrected chi connectivity index (χ3v) is 4.02. The van der Waals surface area contributed by atoms with Crippen molar-refractivity contribution in [2.24, 2.45) is 0 Å². The van der Waals surface area contributed by atoms with Crippen molar-refractivity contribution in [1.82, 2.24) is 0 Å². The summed E-state index contributed by atoms with van der Waals surface area (Å²) in [5.74, 6) is 2.39. The second-order valence-corrected chi connectivity index (χ2v) is 5.94. The zero-order valence-corrected chi connectivity index (χ0v) is 15.2. The maximum Gasteiger partial charge on any atom is 0.161 e. The van der Waals surface area contributed by atoms with Gasteiger partial charge in [-0.15, -0.1) is 0 Å². The number of carbonyl (C=O) groups is 1.